The van der Waals surface area contributed by atoms with E-state index in [2.05, 4.69) is 6.92 Å². The summed E-state index contributed by atoms with van der Waals surface area (Å²) in [6, 6.07) is 5.70. The maximum Gasteiger partial charge on any atom is 0.137 e. The van der Waals surface area contributed by atoms with E-state index in [-0.39, 0.29) is 0 Å². The lowest BCUT2D eigenvalue weighted by atomic mass is 10.1. The number of anilines is 1. The first-order valence-corrected chi connectivity index (χ1v) is 6.06. The van der Waals surface area contributed by atoms with Gasteiger partial charge in [0, 0.05) is 15.8 Å². The molecule has 1 aromatic carbocycles. The van der Waals surface area contributed by atoms with E-state index in [9.17, 15) is 0 Å². The molecule has 16 heavy (non-hydrogen) atoms. The largest absolute Gasteiger partial charge is 0.495 e. The van der Waals surface area contributed by atoms with Crippen LogP contribution in [0, 0.1) is 6.92 Å². The van der Waals surface area contributed by atoms with Gasteiger partial charge in [0.2, 0.25) is 0 Å². The minimum absolute atomic E-state index is 0.602. The Balaban J connectivity index is 2.53. The van der Waals surface area contributed by atoms with Crippen molar-refractivity contribution < 1.29 is 4.74 Å². The molecular weight excluding hydrogens is 242 g/mol. The van der Waals surface area contributed by atoms with Gasteiger partial charge in [-0.25, -0.2) is 0 Å². The summed E-state index contributed by atoms with van der Waals surface area (Å²) < 4.78 is 5.12. The van der Waals surface area contributed by atoms with E-state index in [0.717, 1.165) is 16.8 Å². The van der Waals surface area contributed by atoms with Crippen LogP contribution in [0.2, 0.25) is 5.02 Å². The van der Waals surface area contributed by atoms with Crippen LogP contribution in [0.1, 0.15) is 4.88 Å². The van der Waals surface area contributed by atoms with Crippen LogP contribution in [-0.4, -0.2) is 7.11 Å². The zero-order valence-corrected chi connectivity index (χ0v) is 10.7. The van der Waals surface area contributed by atoms with Crippen molar-refractivity contribution in [3.63, 3.8) is 0 Å². The molecule has 0 atom stereocenters. The van der Waals surface area contributed by atoms with E-state index >= 15 is 0 Å². The van der Waals surface area contributed by atoms with E-state index in [1.165, 1.54) is 4.88 Å². The highest BCUT2D eigenvalue weighted by Crippen LogP contribution is 2.37. The van der Waals surface area contributed by atoms with Gasteiger partial charge in [0.05, 0.1) is 17.8 Å². The van der Waals surface area contributed by atoms with Gasteiger partial charge in [-0.05, 0) is 24.6 Å². The number of rotatable bonds is 2. The number of nitrogen functional groups attached to an aromatic ring is 1. The van der Waals surface area contributed by atoms with Crippen LogP contribution in [0.25, 0.3) is 11.1 Å². The van der Waals surface area contributed by atoms with Gasteiger partial charge in [-0.15, -0.1) is 11.3 Å². The average Bonchev–Trinajstić information content (AvgIpc) is 2.58. The number of thiophene rings is 1. The molecule has 2 nitrogen and oxygen atoms in total. The third kappa shape index (κ3) is 1.88. The normalized spacial score (nSPS) is 10.4. The highest BCUT2D eigenvalue weighted by Gasteiger charge is 2.10. The highest BCUT2D eigenvalue weighted by molar-refractivity contribution is 7.11. The number of aryl methyl sites for hydroxylation is 1. The molecule has 0 fully saturated rings. The smallest absolute Gasteiger partial charge is 0.137 e. The number of hydrogen-bond acceptors (Lipinski definition) is 3. The molecule has 0 aliphatic carbocycles. The second-order valence-corrected chi connectivity index (χ2v) is 4.96. The predicted molar refractivity (Wildman–Crippen MR) is 70.5 cm³/mol. The molecule has 2 aromatic rings. The van der Waals surface area contributed by atoms with E-state index in [4.69, 9.17) is 22.1 Å². The molecule has 2 N–H and O–H groups in total. The van der Waals surface area contributed by atoms with E-state index in [0.29, 0.717) is 10.8 Å². The Morgan fingerprint density at radius 1 is 1.38 bits per heavy atom. The fraction of sp³-hybridized carbons (Fsp3) is 0.167. The van der Waals surface area contributed by atoms with Crippen molar-refractivity contribution in [3.8, 4) is 16.9 Å². The molecule has 4 heteroatoms. The first kappa shape index (κ1) is 11.3. The maximum absolute atomic E-state index is 6.09. The summed E-state index contributed by atoms with van der Waals surface area (Å²) >= 11 is 7.73. The number of ether oxygens (including phenoxy) is 1. The standard InChI is InChI=1S/C12H12ClNOS/c1-7-12(10(14)6-16-7)8-3-4-11(15-2)9(13)5-8/h3-6H,14H2,1-2H3. The van der Waals surface area contributed by atoms with Crippen LogP contribution < -0.4 is 10.5 Å². The van der Waals surface area contributed by atoms with Crippen LogP contribution in [0.4, 0.5) is 5.69 Å². The Morgan fingerprint density at radius 2 is 2.12 bits per heavy atom. The van der Waals surface area contributed by atoms with Crippen LogP contribution in [0.15, 0.2) is 23.6 Å². The summed E-state index contributed by atoms with van der Waals surface area (Å²) in [6.45, 7) is 2.05. The maximum atomic E-state index is 6.09. The molecule has 0 saturated carbocycles. The van der Waals surface area contributed by atoms with Crippen molar-refractivity contribution in [2.75, 3.05) is 12.8 Å². The SMILES string of the molecule is COc1ccc(-c2c(N)csc2C)cc1Cl. The molecule has 1 heterocycles. The lowest BCUT2D eigenvalue weighted by molar-refractivity contribution is 0.415. The molecule has 0 radical (unpaired) electrons. The van der Waals surface area contributed by atoms with Crippen molar-refractivity contribution in [1.29, 1.82) is 0 Å². The molecule has 0 saturated heterocycles. The number of nitrogens with two attached hydrogens (primary N) is 1. The monoisotopic (exact) mass is 253 g/mol. The zero-order valence-electron chi connectivity index (χ0n) is 9.08. The Kier molecular flexibility index (Phi) is 3.08. The third-order valence-electron chi connectivity index (χ3n) is 2.44. The van der Waals surface area contributed by atoms with Gasteiger partial charge in [0.15, 0.2) is 0 Å². The minimum atomic E-state index is 0.602. The first-order valence-electron chi connectivity index (χ1n) is 4.81. The fourth-order valence-electron chi connectivity index (χ4n) is 1.66. The predicted octanol–water partition coefficient (Wildman–Crippen LogP) is 3.97. The lowest BCUT2D eigenvalue weighted by Gasteiger charge is -2.07. The molecule has 84 valence electrons. The average molecular weight is 254 g/mol. The molecule has 1 aromatic heterocycles. The Hall–Kier alpha value is -1.19. The van der Waals surface area contributed by atoms with Crippen LogP contribution in [0.5, 0.6) is 5.75 Å². The lowest BCUT2D eigenvalue weighted by Crippen LogP contribution is -1.88. The molecule has 0 amide bonds. The summed E-state index contributed by atoms with van der Waals surface area (Å²) in [6.07, 6.45) is 0. The Bertz CT molecular complexity index is 502. The summed E-state index contributed by atoms with van der Waals surface area (Å²) in [5.41, 5.74) is 8.82. The second kappa shape index (κ2) is 4.36. The summed E-state index contributed by atoms with van der Waals surface area (Å²) in [4.78, 5) is 1.19. The highest BCUT2D eigenvalue weighted by atomic mass is 35.5. The molecular formula is C12H12ClNOS. The number of benzene rings is 1. The number of methoxy groups -OCH3 is 1. The Labute approximate surface area is 104 Å². The van der Waals surface area contributed by atoms with Gasteiger partial charge in [-0.3, -0.25) is 0 Å². The quantitative estimate of drug-likeness (QED) is 0.879. The van der Waals surface area contributed by atoms with Crippen molar-refractivity contribution >= 4 is 28.6 Å². The van der Waals surface area contributed by atoms with E-state index in [1.807, 2.05) is 23.6 Å². The van der Waals surface area contributed by atoms with Crippen LogP contribution in [-0.2, 0) is 0 Å². The van der Waals surface area contributed by atoms with Gasteiger partial charge < -0.3 is 10.5 Å². The zero-order chi connectivity index (χ0) is 11.7. The third-order valence-corrected chi connectivity index (χ3v) is 3.67. The number of halogens is 1. The van der Waals surface area contributed by atoms with Gasteiger partial charge in [0.1, 0.15) is 5.75 Å². The topological polar surface area (TPSA) is 35.2 Å². The van der Waals surface area contributed by atoms with Crippen molar-refractivity contribution in [2.45, 2.75) is 6.92 Å². The summed E-state index contributed by atoms with van der Waals surface area (Å²) in [5, 5.41) is 2.55. The Morgan fingerprint density at radius 3 is 2.62 bits per heavy atom. The van der Waals surface area contributed by atoms with Crippen LogP contribution in [0.3, 0.4) is 0 Å². The van der Waals surface area contributed by atoms with Gasteiger partial charge in [-0.2, -0.15) is 0 Å². The first-order chi connectivity index (χ1) is 7.63. The van der Waals surface area contributed by atoms with Gasteiger partial charge in [0.25, 0.3) is 0 Å². The summed E-state index contributed by atoms with van der Waals surface area (Å²) in [7, 11) is 1.60. The van der Waals surface area contributed by atoms with Crippen molar-refractivity contribution in [1.82, 2.24) is 0 Å². The summed E-state index contributed by atoms with van der Waals surface area (Å²) in [5.74, 6) is 0.678. The van der Waals surface area contributed by atoms with E-state index in [1.54, 1.807) is 18.4 Å². The van der Waals surface area contributed by atoms with Crippen LogP contribution >= 0.6 is 22.9 Å². The van der Waals surface area contributed by atoms with Crippen molar-refractivity contribution in [2.24, 2.45) is 0 Å². The molecule has 0 aliphatic rings. The van der Waals surface area contributed by atoms with Gasteiger partial charge >= 0.3 is 0 Å². The second-order valence-electron chi connectivity index (χ2n) is 3.47. The number of hydrogen-bond donors (Lipinski definition) is 1. The molecule has 0 spiro atoms. The molecule has 0 bridgehead atoms. The van der Waals surface area contributed by atoms with Gasteiger partial charge in [-0.1, -0.05) is 17.7 Å². The molecule has 2 rings (SSSR count). The van der Waals surface area contributed by atoms with Crippen molar-refractivity contribution in [3.05, 3.63) is 33.5 Å². The molecule has 0 aliphatic heterocycles. The molecule has 0 unspecified atom stereocenters. The minimum Gasteiger partial charge on any atom is -0.495 e. The fourth-order valence-corrected chi connectivity index (χ4v) is 2.70. The van der Waals surface area contributed by atoms with E-state index < -0.39 is 0 Å².